The van der Waals surface area contributed by atoms with Gasteiger partial charge in [0, 0.05) is 10.2 Å². The highest BCUT2D eigenvalue weighted by molar-refractivity contribution is 9.10. The molecule has 1 atom stereocenters. The molecule has 3 nitrogen and oxygen atoms in total. The number of nitrogens with one attached hydrogen (secondary N) is 1. The summed E-state index contributed by atoms with van der Waals surface area (Å²) in [6, 6.07) is 11.0. The van der Waals surface area contributed by atoms with Gasteiger partial charge in [0.1, 0.15) is 11.9 Å². The lowest BCUT2D eigenvalue weighted by molar-refractivity contribution is -0.118. The van der Waals surface area contributed by atoms with E-state index in [0.29, 0.717) is 10.0 Å². The smallest absolute Gasteiger partial charge is 0.244 e. The minimum atomic E-state index is -0.729. The molecule has 0 saturated carbocycles. The molecule has 2 aromatic carbocycles. The molecule has 0 aromatic heterocycles. The van der Waals surface area contributed by atoms with Crippen molar-refractivity contribution in [3.63, 3.8) is 0 Å². The van der Waals surface area contributed by atoms with Gasteiger partial charge >= 0.3 is 0 Å². The minimum Gasteiger partial charge on any atom is -0.370 e. The number of carbonyl (C=O) groups is 1. The summed E-state index contributed by atoms with van der Waals surface area (Å²) in [6.07, 6.45) is 0. The number of benzene rings is 2. The molecule has 104 valence electrons. The van der Waals surface area contributed by atoms with Gasteiger partial charge in [-0.1, -0.05) is 22.0 Å². The van der Waals surface area contributed by atoms with Crippen LogP contribution in [0.5, 0.6) is 0 Å². The van der Waals surface area contributed by atoms with E-state index in [1.807, 2.05) is 24.3 Å². The number of anilines is 1. The summed E-state index contributed by atoms with van der Waals surface area (Å²) in [7, 11) is 0. The van der Waals surface area contributed by atoms with Gasteiger partial charge in [-0.3, -0.25) is 4.79 Å². The fourth-order valence-electron chi connectivity index (χ4n) is 1.72. The van der Waals surface area contributed by atoms with Gasteiger partial charge in [-0.15, -0.1) is 0 Å². The van der Waals surface area contributed by atoms with Crippen LogP contribution in [0.15, 0.2) is 51.4 Å². The molecule has 0 aliphatic carbocycles. The molecule has 6 heteroatoms. The highest BCUT2D eigenvalue weighted by Gasteiger charge is 2.18. The van der Waals surface area contributed by atoms with Gasteiger partial charge in [0.05, 0.1) is 4.47 Å². The van der Waals surface area contributed by atoms with Crippen molar-refractivity contribution in [2.45, 2.75) is 6.04 Å². The maximum atomic E-state index is 13.2. The van der Waals surface area contributed by atoms with Crippen molar-refractivity contribution in [3.8, 4) is 0 Å². The molecule has 0 heterocycles. The van der Waals surface area contributed by atoms with Crippen molar-refractivity contribution >= 4 is 43.5 Å². The Balaban J connectivity index is 2.29. The number of nitrogens with two attached hydrogens (primary N) is 1. The summed E-state index contributed by atoms with van der Waals surface area (Å²) in [5.41, 5.74) is 6.75. The summed E-state index contributed by atoms with van der Waals surface area (Å²) < 4.78 is 14.5. The van der Waals surface area contributed by atoms with E-state index >= 15 is 0 Å². The number of hydrogen-bond acceptors (Lipinski definition) is 2. The van der Waals surface area contributed by atoms with E-state index in [9.17, 15) is 9.18 Å². The summed E-state index contributed by atoms with van der Waals surface area (Å²) in [4.78, 5) is 11.6. The van der Waals surface area contributed by atoms with Crippen LogP contribution in [0.2, 0.25) is 0 Å². The Kier molecular flexibility index (Phi) is 4.77. The zero-order chi connectivity index (χ0) is 14.7. The van der Waals surface area contributed by atoms with Crippen molar-refractivity contribution in [1.82, 2.24) is 0 Å². The summed E-state index contributed by atoms with van der Waals surface area (Å²) >= 11 is 6.43. The summed E-state index contributed by atoms with van der Waals surface area (Å²) in [5, 5.41) is 3.03. The lowest BCUT2D eigenvalue weighted by Gasteiger charge is -2.17. The first kappa shape index (κ1) is 15.0. The molecular formula is C14H11Br2FN2O. The molecule has 1 amide bonds. The SMILES string of the molecule is NC(=O)C(Nc1ccc(Br)cc1)c1ccc(F)c(Br)c1. The summed E-state index contributed by atoms with van der Waals surface area (Å²) in [6.45, 7) is 0. The van der Waals surface area contributed by atoms with Crippen molar-refractivity contribution < 1.29 is 9.18 Å². The molecule has 20 heavy (non-hydrogen) atoms. The number of carbonyl (C=O) groups excluding carboxylic acids is 1. The van der Waals surface area contributed by atoms with Crippen molar-refractivity contribution in [1.29, 1.82) is 0 Å². The number of halogens is 3. The average Bonchev–Trinajstić information content (AvgIpc) is 2.41. The Morgan fingerprint density at radius 1 is 1.15 bits per heavy atom. The van der Waals surface area contributed by atoms with Crippen LogP contribution in [0.3, 0.4) is 0 Å². The first-order valence-corrected chi connectivity index (χ1v) is 7.32. The average molecular weight is 402 g/mol. The molecule has 0 spiro atoms. The fraction of sp³-hybridized carbons (Fsp3) is 0.0714. The first-order chi connectivity index (χ1) is 9.47. The molecular weight excluding hydrogens is 391 g/mol. The Hall–Kier alpha value is -1.40. The monoisotopic (exact) mass is 400 g/mol. The van der Waals surface area contributed by atoms with Gasteiger partial charge in [-0.05, 0) is 57.9 Å². The second-order valence-electron chi connectivity index (χ2n) is 4.16. The number of rotatable bonds is 4. The highest BCUT2D eigenvalue weighted by atomic mass is 79.9. The van der Waals surface area contributed by atoms with E-state index in [2.05, 4.69) is 37.2 Å². The van der Waals surface area contributed by atoms with Crippen LogP contribution >= 0.6 is 31.9 Å². The number of primary amides is 1. The van der Waals surface area contributed by atoms with Gasteiger partial charge in [-0.2, -0.15) is 0 Å². The quantitative estimate of drug-likeness (QED) is 0.813. The molecule has 0 saturated heterocycles. The Morgan fingerprint density at radius 3 is 2.35 bits per heavy atom. The van der Waals surface area contributed by atoms with Crippen LogP contribution in [0.1, 0.15) is 11.6 Å². The summed E-state index contributed by atoms with van der Waals surface area (Å²) in [5.74, 6) is -0.924. The lowest BCUT2D eigenvalue weighted by atomic mass is 10.1. The third-order valence-corrected chi connectivity index (χ3v) is 3.85. The van der Waals surface area contributed by atoms with Crippen molar-refractivity contribution in [2.24, 2.45) is 5.73 Å². The van der Waals surface area contributed by atoms with Crippen LogP contribution in [-0.4, -0.2) is 5.91 Å². The van der Waals surface area contributed by atoms with Crippen LogP contribution in [-0.2, 0) is 4.79 Å². The highest BCUT2D eigenvalue weighted by Crippen LogP contribution is 2.25. The first-order valence-electron chi connectivity index (χ1n) is 5.74. The van der Waals surface area contributed by atoms with E-state index in [1.54, 1.807) is 0 Å². The van der Waals surface area contributed by atoms with Gasteiger partial charge in [-0.25, -0.2) is 4.39 Å². The number of amides is 1. The maximum Gasteiger partial charge on any atom is 0.244 e. The van der Waals surface area contributed by atoms with Crippen LogP contribution < -0.4 is 11.1 Å². The molecule has 0 aliphatic heterocycles. The van der Waals surface area contributed by atoms with Gasteiger partial charge in [0.2, 0.25) is 5.91 Å². The van der Waals surface area contributed by atoms with E-state index in [0.717, 1.165) is 10.2 Å². The Bertz CT molecular complexity index is 632. The van der Waals surface area contributed by atoms with Crippen LogP contribution in [0, 0.1) is 5.82 Å². The van der Waals surface area contributed by atoms with E-state index < -0.39 is 11.9 Å². The second-order valence-corrected chi connectivity index (χ2v) is 5.93. The molecule has 0 fully saturated rings. The maximum absolute atomic E-state index is 13.2. The zero-order valence-corrected chi connectivity index (χ0v) is 13.4. The molecule has 2 rings (SSSR count). The third-order valence-electron chi connectivity index (χ3n) is 2.72. The molecule has 0 bridgehead atoms. The predicted octanol–water partition coefficient (Wildman–Crippen LogP) is 3.99. The van der Waals surface area contributed by atoms with Crippen molar-refractivity contribution in [2.75, 3.05) is 5.32 Å². The molecule has 0 aliphatic rings. The normalized spacial score (nSPS) is 11.9. The van der Waals surface area contributed by atoms with Crippen LogP contribution in [0.25, 0.3) is 0 Å². The minimum absolute atomic E-state index is 0.291. The standard InChI is InChI=1S/C14H11Br2FN2O/c15-9-2-4-10(5-3-9)19-13(14(18)20)8-1-6-12(17)11(16)7-8/h1-7,13,19H,(H2,18,20). The fourth-order valence-corrected chi connectivity index (χ4v) is 2.38. The topological polar surface area (TPSA) is 55.1 Å². The lowest BCUT2D eigenvalue weighted by Crippen LogP contribution is -2.27. The van der Waals surface area contributed by atoms with Crippen LogP contribution in [0.4, 0.5) is 10.1 Å². The molecule has 0 radical (unpaired) electrons. The largest absolute Gasteiger partial charge is 0.370 e. The predicted molar refractivity (Wildman–Crippen MR) is 83.8 cm³/mol. The Morgan fingerprint density at radius 2 is 1.80 bits per heavy atom. The molecule has 2 aromatic rings. The van der Waals surface area contributed by atoms with E-state index in [4.69, 9.17) is 5.73 Å². The van der Waals surface area contributed by atoms with Crippen molar-refractivity contribution in [3.05, 3.63) is 62.8 Å². The van der Waals surface area contributed by atoms with Gasteiger partial charge in [0.15, 0.2) is 0 Å². The van der Waals surface area contributed by atoms with E-state index in [1.165, 1.54) is 18.2 Å². The second kappa shape index (κ2) is 6.37. The Labute approximate surface area is 132 Å². The number of hydrogen-bond donors (Lipinski definition) is 2. The third kappa shape index (κ3) is 3.58. The van der Waals surface area contributed by atoms with E-state index in [-0.39, 0.29) is 5.82 Å². The molecule has 1 unspecified atom stereocenters. The zero-order valence-electron chi connectivity index (χ0n) is 10.2. The molecule has 3 N–H and O–H groups in total. The van der Waals surface area contributed by atoms with Gasteiger partial charge < -0.3 is 11.1 Å². The van der Waals surface area contributed by atoms with Gasteiger partial charge in [0.25, 0.3) is 0 Å².